The quantitative estimate of drug-likeness (QED) is 0.776. The molecular weight excluding hydrogens is 368 g/mol. The molecule has 1 N–H and O–H groups in total. The molecule has 2 amide bonds. The van der Waals surface area contributed by atoms with Gasteiger partial charge in [0.1, 0.15) is 0 Å². The maximum atomic E-state index is 13.1. The molecule has 2 aromatic rings. The third-order valence-corrected chi connectivity index (χ3v) is 7.15. The van der Waals surface area contributed by atoms with Crippen LogP contribution in [-0.2, 0) is 17.8 Å². The molecule has 1 saturated carbocycles. The lowest BCUT2D eigenvalue weighted by Gasteiger charge is -2.28. The number of carbonyl (C=O) groups is 2. The molecule has 2 aliphatic rings. The number of fused-ring (bicyclic) bond motifs is 1. The number of carbonyl (C=O) groups excluding carboxylic acids is 2. The Bertz CT molecular complexity index is 867. The zero-order valence-corrected chi connectivity index (χ0v) is 17.3. The summed E-state index contributed by atoms with van der Waals surface area (Å²) in [6.07, 6.45) is 7.60. The zero-order chi connectivity index (χ0) is 19.5. The van der Waals surface area contributed by atoms with Crippen molar-refractivity contribution in [1.29, 1.82) is 0 Å². The van der Waals surface area contributed by atoms with Gasteiger partial charge in [-0.15, -0.1) is 11.3 Å². The molecular formula is C23H28N2O2S. The molecule has 0 spiro atoms. The number of benzene rings is 1. The van der Waals surface area contributed by atoms with Crippen molar-refractivity contribution in [3.8, 4) is 0 Å². The van der Waals surface area contributed by atoms with Crippen molar-refractivity contribution in [1.82, 2.24) is 4.90 Å². The van der Waals surface area contributed by atoms with Gasteiger partial charge in [-0.1, -0.05) is 25.3 Å². The summed E-state index contributed by atoms with van der Waals surface area (Å²) in [6.45, 7) is 3.36. The van der Waals surface area contributed by atoms with E-state index in [1.54, 1.807) is 11.3 Å². The van der Waals surface area contributed by atoms with Gasteiger partial charge in [-0.25, -0.2) is 0 Å². The maximum absolute atomic E-state index is 13.1. The third-order valence-electron chi connectivity index (χ3n) is 6.13. The summed E-state index contributed by atoms with van der Waals surface area (Å²) < 4.78 is 0. The first kappa shape index (κ1) is 19.2. The molecule has 2 heterocycles. The van der Waals surface area contributed by atoms with Crippen LogP contribution in [-0.4, -0.2) is 23.3 Å². The molecule has 0 bridgehead atoms. The van der Waals surface area contributed by atoms with Gasteiger partial charge < -0.3 is 10.2 Å². The molecule has 5 heteroatoms. The van der Waals surface area contributed by atoms with Crippen molar-refractivity contribution >= 4 is 28.8 Å². The fraction of sp³-hybridized carbons (Fsp3) is 0.478. The molecule has 1 aliphatic heterocycles. The molecule has 0 saturated heterocycles. The molecule has 0 unspecified atom stereocenters. The molecule has 28 heavy (non-hydrogen) atoms. The number of hydrogen-bond donors (Lipinski definition) is 1. The van der Waals surface area contributed by atoms with Gasteiger partial charge >= 0.3 is 0 Å². The number of nitrogens with zero attached hydrogens (tertiary/aromatic N) is 1. The van der Waals surface area contributed by atoms with Crippen LogP contribution in [0, 0.1) is 12.8 Å². The highest BCUT2D eigenvalue weighted by molar-refractivity contribution is 7.10. The van der Waals surface area contributed by atoms with Crippen LogP contribution in [0.4, 0.5) is 5.69 Å². The summed E-state index contributed by atoms with van der Waals surface area (Å²) >= 11 is 1.78. The average molecular weight is 397 g/mol. The van der Waals surface area contributed by atoms with Gasteiger partial charge in [-0.05, 0) is 66.8 Å². The maximum Gasteiger partial charge on any atom is 0.254 e. The van der Waals surface area contributed by atoms with Crippen LogP contribution >= 0.6 is 11.3 Å². The molecule has 1 aromatic carbocycles. The lowest BCUT2D eigenvalue weighted by atomic mass is 9.87. The van der Waals surface area contributed by atoms with Crippen LogP contribution in [0.3, 0.4) is 0 Å². The standard InChI is InChI=1S/C23H28N2O2S/c1-16-19(23(27)25-12-10-21-18(15-25)11-13-28-21)8-5-9-20(16)24-22(26)14-17-6-3-2-4-7-17/h5,8-9,11,13,17H,2-4,6-7,10,12,14-15H2,1H3,(H,24,26). The second-order valence-corrected chi connectivity index (χ2v) is 9.08. The van der Waals surface area contributed by atoms with Crippen LogP contribution < -0.4 is 5.32 Å². The Morgan fingerprint density at radius 1 is 1.18 bits per heavy atom. The fourth-order valence-electron chi connectivity index (χ4n) is 4.45. The molecule has 148 valence electrons. The van der Waals surface area contributed by atoms with Gasteiger partial charge in [0.25, 0.3) is 5.91 Å². The highest BCUT2D eigenvalue weighted by atomic mass is 32.1. The molecule has 0 radical (unpaired) electrons. The Morgan fingerprint density at radius 2 is 2.00 bits per heavy atom. The summed E-state index contributed by atoms with van der Waals surface area (Å²) in [6, 6.07) is 7.76. The van der Waals surface area contributed by atoms with Gasteiger partial charge in [0.05, 0.1) is 0 Å². The Morgan fingerprint density at radius 3 is 2.82 bits per heavy atom. The van der Waals surface area contributed by atoms with Crippen molar-refractivity contribution in [3.05, 3.63) is 51.2 Å². The highest BCUT2D eigenvalue weighted by Crippen LogP contribution is 2.29. The second-order valence-electron chi connectivity index (χ2n) is 8.08. The Labute approximate surface area is 170 Å². The van der Waals surface area contributed by atoms with E-state index in [4.69, 9.17) is 0 Å². The summed E-state index contributed by atoms with van der Waals surface area (Å²) in [7, 11) is 0. The van der Waals surface area contributed by atoms with E-state index in [0.717, 1.165) is 37.1 Å². The Kier molecular flexibility index (Phi) is 5.81. The third kappa shape index (κ3) is 4.14. The van der Waals surface area contributed by atoms with Crippen LogP contribution in [0.2, 0.25) is 0 Å². The van der Waals surface area contributed by atoms with Gasteiger partial charge in [0, 0.05) is 35.6 Å². The molecule has 0 atom stereocenters. The zero-order valence-electron chi connectivity index (χ0n) is 16.5. The largest absolute Gasteiger partial charge is 0.334 e. The predicted molar refractivity (Wildman–Crippen MR) is 114 cm³/mol. The van der Waals surface area contributed by atoms with Gasteiger partial charge in [0.2, 0.25) is 5.91 Å². The monoisotopic (exact) mass is 396 g/mol. The smallest absolute Gasteiger partial charge is 0.254 e. The minimum atomic E-state index is 0.0535. The number of hydrogen-bond acceptors (Lipinski definition) is 3. The van der Waals surface area contributed by atoms with Gasteiger partial charge in [-0.2, -0.15) is 0 Å². The van der Waals surface area contributed by atoms with Gasteiger partial charge in [0.15, 0.2) is 0 Å². The lowest BCUT2D eigenvalue weighted by molar-refractivity contribution is -0.117. The average Bonchev–Trinajstić information content (AvgIpc) is 3.17. The van der Waals surface area contributed by atoms with Gasteiger partial charge in [-0.3, -0.25) is 9.59 Å². The SMILES string of the molecule is Cc1c(NC(=O)CC2CCCCC2)cccc1C(=O)N1CCc2sccc2C1. The number of thiophene rings is 1. The van der Waals surface area contributed by atoms with E-state index in [2.05, 4.69) is 16.8 Å². The lowest BCUT2D eigenvalue weighted by Crippen LogP contribution is -2.35. The van der Waals surface area contributed by atoms with Crippen molar-refractivity contribution in [2.24, 2.45) is 5.92 Å². The fourth-order valence-corrected chi connectivity index (χ4v) is 5.34. The van der Waals surface area contributed by atoms with E-state index in [-0.39, 0.29) is 11.8 Å². The molecule has 1 aromatic heterocycles. The van der Waals surface area contributed by atoms with Crippen molar-refractivity contribution in [2.45, 2.75) is 58.4 Å². The van der Waals surface area contributed by atoms with Crippen LogP contribution in [0.5, 0.6) is 0 Å². The van der Waals surface area contributed by atoms with E-state index in [0.29, 0.717) is 24.4 Å². The molecule has 4 rings (SSSR count). The van der Waals surface area contributed by atoms with Crippen LogP contribution in [0.1, 0.15) is 64.9 Å². The number of nitrogens with one attached hydrogen (secondary N) is 1. The molecule has 1 fully saturated rings. The summed E-state index contributed by atoms with van der Waals surface area (Å²) in [4.78, 5) is 29.0. The van der Waals surface area contributed by atoms with Crippen molar-refractivity contribution in [2.75, 3.05) is 11.9 Å². The first-order valence-electron chi connectivity index (χ1n) is 10.4. The normalized spacial score (nSPS) is 17.2. The Balaban J connectivity index is 1.44. The van der Waals surface area contributed by atoms with E-state index in [1.807, 2.05) is 30.0 Å². The predicted octanol–water partition coefficient (Wildman–Crippen LogP) is 5.16. The van der Waals surface area contributed by atoms with E-state index in [1.165, 1.54) is 29.7 Å². The molecule has 1 aliphatic carbocycles. The van der Waals surface area contributed by atoms with Crippen LogP contribution in [0.15, 0.2) is 29.6 Å². The first-order valence-corrected chi connectivity index (χ1v) is 11.2. The minimum Gasteiger partial charge on any atom is -0.334 e. The van der Waals surface area contributed by atoms with E-state index < -0.39 is 0 Å². The van der Waals surface area contributed by atoms with Crippen LogP contribution in [0.25, 0.3) is 0 Å². The summed E-state index contributed by atoms with van der Waals surface area (Å²) in [5.41, 5.74) is 3.58. The topological polar surface area (TPSA) is 49.4 Å². The number of anilines is 1. The van der Waals surface area contributed by atoms with E-state index in [9.17, 15) is 9.59 Å². The summed E-state index contributed by atoms with van der Waals surface area (Å²) in [5.74, 6) is 0.630. The highest BCUT2D eigenvalue weighted by Gasteiger charge is 2.24. The molecule has 4 nitrogen and oxygen atoms in total. The minimum absolute atomic E-state index is 0.0535. The number of amides is 2. The van der Waals surface area contributed by atoms with E-state index >= 15 is 0 Å². The second kappa shape index (κ2) is 8.48. The van der Waals surface area contributed by atoms with Crippen molar-refractivity contribution in [3.63, 3.8) is 0 Å². The first-order chi connectivity index (χ1) is 13.6. The Hall–Kier alpha value is -2.14. The van der Waals surface area contributed by atoms with Crippen molar-refractivity contribution < 1.29 is 9.59 Å². The number of rotatable bonds is 4. The summed E-state index contributed by atoms with van der Waals surface area (Å²) in [5, 5.41) is 5.16.